The number of hydrogen-bond donors (Lipinski definition) is 0. The minimum absolute atomic E-state index is 0.0678. The molecule has 0 aliphatic heterocycles. The van der Waals surface area contributed by atoms with Crippen molar-refractivity contribution in [2.24, 2.45) is 0 Å². The lowest BCUT2D eigenvalue weighted by atomic mass is 9.85. The second-order valence-corrected chi connectivity index (χ2v) is 9.26. The predicted molar refractivity (Wildman–Crippen MR) is 111 cm³/mol. The van der Waals surface area contributed by atoms with Gasteiger partial charge in [0.05, 0.1) is 0 Å². The average Bonchev–Trinajstić information content (AvgIpc) is 2.53. The summed E-state index contributed by atoms with van der Waals surface area (Å²) >= 11 is 0. The van der Waals surface area contributed by atoms with Crippen LogP contribution in [0.3, 0.4) is 0 Å². The first-order chi connectivity index (χ1) is 12.4. The summed E-state index contributed by atoms with van der Waals surface area (Å²) in [6, 6.07) is 11.9. The maximum Gasteiger partial charge on any atom is 0.349 e. The molecule has 0 unspecified atom stereocenters. The van der Waals surface area contributed by atoms with Gasteiger partial charge in [-0.15, -0.1) is 0 Å². The Labute approximate surface area is 163 Å². The number of hydrogen-bond acceptors (Lipinski definition) is 3. The fraction of sp³-hybridized carbons (Fsp3) is 0.458. The highest BCUT2D eigenvalue weighted by atomic mass is 16.6. The lowest BCUT2D eigenvalue weighted by Gasteiger charge is -2.24. The van der Waals surface area contributed by atoms with Crippen LogP contribution in [-0.2, 0) is 15.6 Å². The predicted octanol–water partition coefficient (Wildman–Crippen LogP) is 5.88. The van der Waals surface area contributed by atoms with Crippen molar-refractivity contribution in [2.75, 3.05) is 6.61 Å². The van der Waals surface area contributed by atoms with Gasteiger partial charge < -0.3 is 9.47 Å². The highest BCUT2D eigenvalue weighted by Crippen LogP contribution is 2.33. The number of ether oxygens (including phenoxy) is 2. The van der Waals surface area contributed by atoms with Crippen molar-refractivity contribution in [2.45, 2.75) is 66.2 Å². The first-order valence-electron chi connectivity index (χ1n) is 9.43. The molecule has 0 fully saturated rings. The SMILES string of the molecule is Cc1ccc(OCC(=O)Oc2ccc(C)cc2C(C)(C)C)c(C(C)(C)C)c1. The van der Waals surface area contributed by atoms with Crippen molar-refractivity contribution < 1.29 is 14.3 Å². The van der Waals surface area contributed by atoms with Crippen LogP contribution in [0.4, 0.5) is 0 Å². The quantitative estimate of drug-likeness (QED) is 0.499. The second-order valence-electron chi connectivity index (χ2n) is 9.26. The van der Waals surface area contributed by atoms with Gasteiger partial charge in [-0.2, -0.15) is 0 Å². The van der Waals surface area contributed by atoms with Crippen LogP contribution in [-0.4, -0.2) is 12.6 Å². The fourth-order valence-corrected chi connectivity index (χ4v) is 2.96. The van der Waals surface area contributed by atoms with Crippen molar-refractivity contribution in [3.63, 3.8) is 0 Å². The van der Waals surface area contributed by atoms with E-state index in [9.17, 15) is 4.79 Å². The van der Waals surface area contributed by atoms with Gasteiger partial charge in [-0.25, -0.2) is 4.79 Å². The van der Waals surface area contributed by atoms with Crippen LogP contribution in [0, 0.1) is 13.8 Å². The Kier molecular flexibility index (Phi) is 6.04. The third kappa shape index (κ3) is 5.59. The zero-order valence-electron chi connectivity index (χ0n) is 17.9. The third-order valence-electron chi connectivity index (χ3n) is 4.46. The molecule has 0 amide bonds. The molecule has 0 saturated heterocycles. The summed E-state index contributed by atoms with van der Waals surface area (Å²) in [5.74, 6) is 0.927. The molecule has 0 aliphatic carbocycles. The molecule has 0 bridgehead atoms. The van der Waals surface area contributed by atoms with Crippen LogP contribution in [0.25, 0.3) is 0 Å². The molecule has 0 spiro atoms. The minimum atomic E-state index is -0.398. The number of carbonyl (C=O) groups excluding carboxylic acids is 1. The van der Waals surface area contributed by atoms with E-state index in [2.05, 4.69) is 60.6 Å². The summed E-state index contributed by atoms with van der Waals surface area (Å²) < 4.78 is 11.5. The van der Waals surface area contributed by atoms with Crippen LogP contribution in [0.2, 0.25) is 0 Å². The first-order valence-corrected chi connectivity index (χ1v) is 9.43. The summed E-state index contributed by atoms with van der Waals surface area (Å²) in [7, 11) is 0. The summed E-state index contributed by atoms with van der Waals surface area (Å²) in [6.07, 6.45) is 0. The molecule has 2 aromatic rings. The Balaban J connectivity index is 2.15. The van der Waals surface area contributed by atoms with Gasteiger partial charge in [0.15, 0.2) is 6.61 Å². The van der Waals surface area contributed by atoms with Crippen molar-refractivity contribution in [3.8, 4) is 11.5 Å². The zero-order chi connectivity index (χ0) is 20.4. The summed E-state index contributed by atoms with van der Waals surface area (Å²) in [4.78, 5) is 12.4. The zero-order valence-corrected chi connectivity index (χ0v) is 17.9. The van der Waals surface area contributed by atoms with Gasteiger partial charge in [-0.1, -0.05) is 76.9 Å². The standard InChI is InChI=1S/C24H32O3/c1-16-9-11-20(18(13-16)23(3,4)5)26-15-22(25)27-21-12-10-17(2)14-19(21)24(6,7)8/h9-14H,15H2,1-8H3. The molecule has 0 radical (unpaired) electrons. The maximum atomic E-state index is 12.4. The Morgan fingerprint density at radius 3 is 1.70 bits per heavy atom. The topological polar surface area (TPSA) is 35.5 Å². The van der Waals surface area contributed by atoms with Gasteiger partial charge in [0, 0.05) is 5.56 Å². The van der Waals surface area contributed by atoms with Gasteiger partial charge in [-0.3, -0.25) is 0 Å². The van der Waals surface area contributed by atoms with Crippen LogP contribution in [0.5, 0.6) is 11.5 Å². The van der Waals surface area contributed by atoms with Crippen molar-refractivity contribution in [1.29, 1.82) is 0 Å². The number of benzene rings is 2. The van der Waals surface area contributed by atoms with Crippen molar-refractivity contribution in [3.05, 3.63) is 58.7 Å². The normalized spacial score (nSPS) is 12.0. The maximum absolute atomic E-state index is 12.4. The van der Waals surface area contributed by atoms with Crippen LogP contribution in [0.1, 0.15) is 63.8 Å². The molecule has 2 rings (SSSR count). The van der Waals surface area contributed by atoms with E-state index in [4.69, 9.17) is 9.47 Å². The van der Waals surface area contributed by atoms with Crippen molar-refractivity contribution in [1.82, 2.24) is 0 Å². The molecule has 0 saturated carbocycles. The fourth-order valence-electron chi connectivity index (χ4n) is 2.96. The molecule has 0 heterocycles. The Bertz CT molecular complexity index is 820. The average molecular weight is 369 g/mol. The summed E-state index contributed by atoms with van der Waals surface area (Å²) in [5, 5.41) is 0. The highest BCUT2D eigenvalue weighted by Gasteiger charge is 2.22. The molecule has 0 aromatic heterocycles. The Hall–Kier alpha value is -2.29. The van der Waals surface area contributed by atoms with E-state index in [1.807, 2.05) is 31.2 Å². The molecular weight excluding hydrogens is 336 g/mol. The molecule has 3 heteroatoms. The first kappa shape index (κ1) is 21.0. The molecule has 0 N–H and O–H groups in total. The third-order valence-corrected chi connectivity index (χ3v) is 4.46. The molecule has 0 aliphatic rings. The van der Waals surface area contributed by atoms with Crippen molar-refractivity contribution >= 4 is 5.97 Å². The number of esters is 1. The van der Waals surface area contributed by atoms with Crippen LogP contribution < -0.4 is 9.47 Å². The number of aryl methyl sites for hydroxylation is 2. The number of carbonyl (C=O) groups is 1. The largest absolute Gasteiger partial charge is 0.482 e. The highest BCUT2D eigenvalue weighted by molar-refractivity contribution is 5.74. The van der Waals surface area contributed by atoms with Crippen LogP contribution >= 0.6 is 0 Å². The lowest BCUT2D eigenvalue weighted by molar-refractivity contribution is -0.136. The summed E-state index contributed by atoms with van der Waals surface area (Å²) in [6.45, 7) is 16.7. The van der Waals surface area contributed by atoms with Gasteiger partial charge in [0.1, 0.15) is 11.5 Å². The molecule has 0 atom stereocenters. The Morgan fingerprint density at radius 1 is 0.778 bits per heavy atom. The van der Waals surface area contributed by atoms with E-state index < -0.39 is 5.97 Å². The van der Waals surface area contributed by atoms with Gasteiger partial charge in [-0.05, 0) is 42.4 Å². The molecule has 146 valence electrons. The Morgan fingerprint density at radius 2 is 1.22 bits per heavy atom. The van der Waals surface area contributed by atoms with E-state index in [0.717, 1.165) is 22.4 Å². The lowest BCUT2D eigenvalue weighted by Crippen LogP contribution is -2.22. The number of rotatable bonds is 4. The monoisotopic (exact) mass is 368 g/mol. The van der Waals surface area contributed by atoms with Gasteiger partial charge >= 0.3 is 5.97 Å². The second kappa shape index (κ2) is 7.75. The van der Waals surface area contributed by atoms with E-state index >= 15 is 0 Å². The minimum Gasteiger partial charge on any atom is -0.482 e. The van der Waals surface area contributed by atoms with E-state index in [1.54, 1.807) is 0 Å². The molecule has 2 aromatic carbocycles. The summed E-state index contributed by atoms with van der Waals surface area (Å²) in [5.41, 5.74) is 4.23. The van der Waals surface area contributed by atoms with E-state index in [-0.39, 0.29) is 17.4 Å². The van der Waals surface area contributed by atoms with Gasteiger partial charge in [0.2, 0.25) is 0 Å². The molecule has 27 heavy (non-hydrogen) atoms. The van der Waals surface area contributed by atoms with E-state index in [0.29, 0.717) is 5.75 Å². The smallest absolute Gasteiger partial charge is 0.349 e. The molecule has 3 nitrogen and oxygen atoms in total. The van der Waals surface area contributed by atoms with Crippen LogP contribution in [0.15, 0.2) is 36.4 Å². The van der Waals surface area contributed by atoms with E-state index in [1.165, 1.54) is 5.56 Å². The molecular formula is C24H32O3. The van der Waals surface area contributed by atoms with Gasteiger partial charge in [0.25, 0.3) is 0 Å².